The number of rotatable bonds is 3. The molecule has 1 aromatic carbocycles. The molecule has 21 heavy (non-hydrogen) atoms. The molecule has 1 aliphatic rings. The van der Waals surface area contributed by atoms with E-state index in [0.29, 0.717) is 17.4 Å². The highest BCUT2D eigenvalue weighted by molar-refractivity contribution is 7.89. The van der Waals surface area contributed by atoms with E-state index in [4.69, 9.17) is 11.6 Å². The van der Waals surface area contributed by atoms with Gasteiger partial charge in [-0.15, -0.1) is 0 Å². The molecule has 3 rings (SSSR count). The van der Waals surface area contributed by atoms with Crippen molar-refractivity contribution in [3.8, 4) is 0 Å². The minimum Gasteiger partial charge on any atom is -0.337 e. The normalized spacial score (nSPS) is 19.5. The Hall–Kier alpha value is -1.37. The van der Waals surface area contributed by atoms with Gasteiger partial charge in [0.1, 0.15) is 5.82 Å². The predicted octanol–water partition coefficient (Wildman–Crippen LogP) is 2.52. The fourth-order valence-electron chi connectivity index (χ4n) is 2.44. The highest BCUT2D eigenvalue weighted by Gasteiger charge is 2.40. The van der Waals surface area contributed by atoms with Crippen molar-refractivity contribution in [2.45, 2.75) is 24.4 Å². The minimum absolute atomic E-state index is 0.112. The SMILES string of the molecule is Cc1nc(S(=O)(=O)N2CC[C@H]2c2ccc(Cl)cc2)cn1C. The Bertz CT molecular complexity index is 749. The monoisotopic (exact) mass is 325 g/mol. The van der Waals surface area contributed by atoms with Crippen molar-refractivity contribution in [1.29, 1.82) is 0 Å². The molecule has 112 valence electrons. The molecule has 7 heteroatoms. The van der Waals surface area contributed by atoms with Gasteiger partial charge in [-0.2, -0.15) is 4.31 Å². The lowest BCUT2D eigenvalue weighted by molar-refractivity contribution is 0.201. The van der Waals surface area contributed by atoms with E-state index in [2.05, 4.69) is 4.98 Å². The van der Waals surface area contributed by atoms with E-state index in [1.54, 1.807) is 36.9 Å². The summed E-state index contributed by atoms with van der Waals surface area (Å²) < 4.78 is 28.5. The summed E-state index contributed by atoms with van der Waals surface area (Å²) in [6.45, 7) is 2.30. The van der Waals surface area contributed by atoms with Crippen LogP contribution in [-0.4, -0.2) is 28.8 Å². The van der Waals surface area contributed by atoms with Crippen LogP contribution >= 0.6 is 11.6 Å². The van der Waals surface area contributed by atoms with Gasteiger partial charge in [0.25, 0.3) is 10.0 Å². The predicted molar refractivity (Wildman–Crippen MR) is 80.6 cm³/mol. The molecule has 2 heterocycles. The van der Waals surface area contributed by atoms with Gasteiger partial charge in [-0.1, -0.05) is 23.7 Å². The quantitative estimate of drug-likeness (QED) is 0.871. The molecule has 1 saturated heterocycles. The molecule has 0 spiro atoms. The third-order valence-electron chi connectivity index (χ3n) is 3.88. The van der Waals surface area contributed by atoms with Gasteiger partial charge >= 0.3 is 0 Å². The summed E-state index contributed by atoms with van der Waals surface area (Å²) in [6.07, 6.45) is 2.37. The van der Waals surface area contributed by atoms with Gasteiger partial charge < -0.3 is 4.57 Å². The summed E-state index contributed by atoms with van der Waals surface area (Å²) in [6, 6.07) is 7.18. The van der Waals surface area contributed by atoms with Gasteiger partial charge in [0.2, 0.25) is 0 Å². The second kappa shape index (κ2) is 5.12. The van der Waals surface area contributed by atoms with E-state index in [1.807, 2.05) is 12.1 Å². The Morgan fingerprint density at radius 2 is 1.95 bits per heavy atom. The van der Waals surface area contributed by atoms with Crippen molar-refractivity contribution in [3.05, 3.63) is 46.9 Å². The number of halogens is 1. The number of hydrogen-bond donors (Lipinski definition) is 0. The van der Waals surface area contributed by atoms with Crippen LogP contribution in [0, 0.1) is 6.92 Å². The largest absolute Gasteiger partial charge is 0.337 e. The lowest BCUT2D eigenvalue weighted by Crippen LogP contribution is -2.45. The van der Waals surface area contributed by atoms with Gasteiger partial charge in [-0.05, 0) is 31.0 Å². The number of imidazole rings is 1. The van der Waals surface area contributed by atoms with Crippen LogP contribution < -0.4 is 0 Å². The van der Waals surface area contributed by atoms with Crippen LogP contribution in [0.3, 0.4) is 0 Å². The Labute approximate surface area is 129 Å². The molecule has 0 aliphatic carbocycles. The number of nitrogens with zero attached hydrogens (tertiary/aromatic N) is 3. The Morgan fingerprint density at radius 1 is 1.29 bits per heavy atom. The fourth-order valence-corrected chi connectivity index (χ4v) is 4.25. The van der Waals surface area contributed by atoms with E-state index in [-0.39, 0.29) is 11.1 Å². The number of aromatic nitrogens is 2. The van der Waals surface area contributed by atoms with Gasteiger partial charge in [0.15, 0.2) is 5.03 Å². The smallest absolute Gasteiger partial charge is 0.262 e. The second-order valence-electron chi connectivity index (χ2n) is 5.21. The molecule has 0 saturated carbocycles. The first-order valence-corrected chi connectivity index (χ1v) is 8.48. The summed E-state index contributed by atoms with van der Waals surface area (Å²) in [4.78, 5) is 4.14. The maximum absolute atomic E-state index is 12.7. The summed E-state index contributed by atoms with van der Waals surface area (Å²) in [5.74, 6) is 0.678. The summed E-state index contributed by atoms with van der Waals surface area (Å²) in [5.41, 5.74) is 0.960. The average molecular weight is 326 g/mol. The molecule has 0 radical (unpaired) electrons. The van der Waals surface area contributed by atoms with E-state index in [1.165, 1.54) is 4.31 Å². The van der Waals surface area contributed by atoms with Crippen LogP contribution in [-0.2, 0) is 17.1 Å². The molecule has 0 bridgehead atoms. The molecule has 5 nitrogen and oxygen atoms in total. The number of aryl methyl sites for hydroxylation is 2. The molecular weight excluding hydrogens is 310 g/mol. The molecule has 1 aromatic heterocycles. The zero-order chi connectivity index (χ0) is 15.2. The zero-order valence-electron chi connectivity index (χ0n) is 11.8. The fraction of sp³-hybridized carbons (Fsp3) is 0.357. The van der Waals surface area contributed by atoms with E-state index < -0.39 is 10.0 Å². The van der Waals surface area contributed by atoms with Crippen molar-refractivity contribution >= 4 is 21.6 Å². The average Bonchev–Trinajstić information content (AvgIpc) is 2.71. The first-order chi connectivity index (χ1) is 9.89. The van der Waals surface area contributed by atoms with Crippen LogP contribution in [0.4, 0.5) is 0 Å². The molecule has 1 atom stereocenters. The molecule has 2 aromatic rings. The molecule has 0 amide bonds. The van der Waals surface area contributed by atoms with Crippen LogP contribution in [0.15, 0.2) is 35.5 Å². The molecule has 0 unspecified atom stereocenters. The highest BCUT2D eigenvalue weighted by atomic mass is 35.5. The molecular formula is C14H16ClN3O2S. The van der Waals surface area contributed by atoms with Crippen LogP contribution in [0.1, 0.15) is 23.9 Å². The van der Waals surface area contributed by atoms with Crippen molar-refractivity contribution in [2.75, 3.05) is 6.54 Å². The van der Waals surface area contributed by atoms with E-state index in [0.717, 1.165) is 12.0 Å². The van der Waals surface area contributed by atoms with Gasteiger partial charge in [0.05, 0.1) is 6.04 Å². The van der Waals surface area contributed by atoms with Gasteiger partial charge in [-0.3, -0.25) is 0 Å². The summed E-state index contributed by atoms with van der Waals surface area (Å²) in [5, 5.41) is 0.758. The second-order valence-corrected chi connectivity index (χ2v) is 7.48. The highest BCUT2D eigenvalue weighted by Crippen LogP contribution is 2.38. The Kier molecular flexibility index (Phi) is 3.55. The minimum atomic E-state index is -3.54. The van der Waals surface area contributed by atoms with Crippen molar-refractivity contribution in [1.82, 2.24) is 13.9 Å². The maximum Gasteiger partial charge on any atom is 0.262 e. The Morgan fingerprint density at radius 3 is 2.43 bits per heavy atom. The lowest BCUT2D eigenvalue weighted by Gasteiger charge is -2.39. The summed E-state index contributed by atoms with van der Waals surface area (Å²) >= 11 is 5.88. The third-order valence-corrected chi connectivity index (χ3v) is 5.92. The first kappa shape index (κ1) is 14.6. The lowest BCUT2D eigenvalue weighted by atomic mass is 9.98. The number of sulfonamides is 1. The van der Waals surface area contributed by atoms with E-state index in [9.17, 15) is 8.42 Å². The van der Waals surface area contributed by atoms with Gasteiger partial charge in [0, 0.05) is 24.8 Å². The van der Waals surface area contributed by atoms with Crippen LogP contribution in [0.2, 0.25) is 5.02 Å². The first-order valence-electron chi connectivity index (χ1n) is 6.67. The number of benzene rings is 1. The van der Waals surface area contributed by atoms with Crippen LogP contribution in [0.5, 0.6) is 0 Å². The third kappa shape index (κ3) is 2.47. The summed E-state index contributed by atoms with van der Waals surface area (Å²) in [7, 11) is -1.76. The van der Waals surface area contributed by atoms with E-state index >= 15 is 0 Å². The molecule has 1 fully saturated rings. The van der Waals surface area contributed by atoms with Crippen molar-refractivity contribution in [2.24, 2.45) is 7.05 Å². The zero-order valence-corrected chi connectivity index (χ0v) is 13.4. The topological polar surface area (TPSA) is 55.2 Å². The van der Waals surface area contributed by atoms with Crippen molar-refractivity contribution in [3.63, 3.8) is 0 Å². The molecule has 1 aliphatic heterocycles. The van der Waals surface area contributed by atoms with Gasteiger partial charge in [-0.25, -0.2) is 13.4 Å². The van der Waals surface area contributed by atoms with Crippen LogP contribution in [0.25, 0.3) is 0 Å². The standard InChI is InChI=1S/C14H16ClN3O2S/c1-10-16-14(9-17(10)2)21(19,20)18-8-7-13(18)11-3-5-12(15)6-4-11/h3-6,9,13H,7-8H2,1-2H3/t13-/m0/s1. The van der Waals surface area contributed by atoms with Crippen molar-refractivity contribution < 1.29 is 8.42 Å². The number of hydrogen-bond acceptors (Lipinski definition) is 3. The maximum atomic E-state index is 12.7. The Balaban J connectivity index is 1.91. The molecule has 0 N–H and O–H groups in total.